The quantitative estimate of drug-likeness (QED) is 0.194. The zero-order valence-electron chi connectivity index (χ0n) is 26.0. The summed E-state index contributed by atoms with van der Waals surface area (Å²) in [6, 6.07) is 47.1. The number of hydrogen-bond acceptors (Lipinski definition) is 4. The Morgan fingerprint density at radius 1 is 0.562 bits per heavy atom. The molecule has 6 aromatic carbocycles. The highest BCUT2D eigenvalue weighted by atomic mass is 32.1. The number of aromatic nitrogens is 4. The third-order valence-electron chi connectivity index (χ3n) is 9.52. The van der Waals surface area contributed by atoms with Crippen LogP contribution in [-0.4, -0.2) is 19.5 Å². The van der Waals surface area contributed by atoms with Gasteiger partial charge in [-0.2, -0.15) is 9.97 Å². The topological polar surface area (TPSA) is 43.6 Å². The second kappa shape index (κ2) is 10.8. The lowest BCUT2D eigenvalue weighted by molar-refractivity contribution is 0.954. The van der Waals surface area contributed by atoms with Gasteiger partial charge in [-0.15, -0.1) is 11.3 Å². The van der Waals surface area contributed by atoms with E-state index in [1.807, 2.05) is 17.4 Å². The van der Waals surface area contributed by atoms with Gasteiger partial charge in [0.2, 0.25) is 5.95 Å². The van der Waals surface area contributed by atoms with E-state index in [9.17, 15) is 0 Å². The second-order valence-corrected chi connectivity index (χ2v) is 13.5. The second-order valence-electron chi connectivity index (χ2n) is 12.3. The van der Waals surface area contributed by atoms with Crippen LogP contribution in [0.1, 0.15) is 16.9 Å². The molecule has 0 saturated heterocycles. The molecule has 1 aliphatic rings. The number of benzene rings is 6. The summed E-state index contributed by atoms with van der Waals surface area (Å²) in [5.41, 5.74) is 7.63. The number of aryl methyl sites for hydroxylation is 1. The minimum absolute atomic E-state index is 0.603. The normalized spacial score (nSPS) is 12.8. The van der Waals surface area contributed by atoms with Crippen molar-refractivity contribution in [3.05, 3.63) is 150 Å². The average molecular weight is 633 g/mol. The number of allylic oxidation sites excluding steroid dienone is 1. The zero-order chi connectivity index (χ0) is 31.6. The van der Waals surface area contributed by atoms with Crippen LogP contribution in [0.15, 0.2) is 140 Å². The Hall–Kier alpha value is -5.91. The van der Waals surface area contributed by atoms with Crippen molar-refractivity contribution in [3.63, 3.8) is 0 Å². The molecule has 5 heteroatoms. The molecule has 48 heavy (non-hydrogen) atoms. The molecule has 4 nitrogen and oxygen atoms in total. The van der Waals surface area contributed by atoms with Crippen molar-refractivity contribution < 1.29 is 0 Å². The summed E-state index contributed by atoms with van der Waals surface area (Å²) in [6.07, 6.45) is 6.76. The highest BCUT2D eigenvalue weighted by molar-refractivity contribution is 7.19. The van der Waals surface area contributed by atoms with Gasteiger partial charge < -0.3 is 0 Å². The van der Waals surface area contributed by atoms with E-state index in [0.717, 1.165) is 46.1 Å². The number of hydrogen-bond donors (Lipinski definition) is 0. The number of rotatable bonds is 4. The molecular formula is C43H28N4S. The van der Waals surface area contributed by atoms with E-state index in [-0.39, 0.29) is 0 Å². The molecule has 1 aliphatic carbocycles. The Kier molecular flexibility index (Phi) is 6.14. The van der Waals surface area contributed by atoms with E-state index in [1.54, 1.807) is 0 Å². The average Bonchev–Trinajstić information content (AvgIpc) is 3.71. The lowest BCUT2D eigenvalue weighted by Gasteiger charge is -2.13. The van der Waals surface area contributed by atoms with Crippen molar-refractivity contribution in [2.75, 3.05) is 0 Å². The maximum Gasteiger partial charge on any atom is 0.238 e. The first-order valence-electron chi connectivity index (χ1n) is 16.3. The predicted octanol–water partition coefficient (Wildman–Crippen LogP) is 11.3. The van der Waals surface area contributed by atoms with Gasteiger partial charge in [0.05, 0.1) is 11.0 Å². The summed E-state index contributed by atoms with van der Waals surface area (Å²) in [5.74, 6) is 1.91. The fourth-order valence-corrected chi connectivity index (χ4v) is 8.50. The van der Waals surface area contributed by atoms with E-state index in [4.69, 9.17) is 15.0 Å². The summed E-state index contributed by atoms with van der Waals surface area (Å²) < 4.78 is 3.51. The predicted molar refractivity (Wildman–Crippen MR) is 201 cm³/mol. The number of thiophene rings is 1. The molecule has 0 bridgehead atoms. The number of nitrogens with zero attached hydrogens (tertiary/aromatic N) is 4. The maximum absolute atomic E-state index is 5.29. The molecule has 0 atom stereocenters. The maximum atomic E-state index is 5.29. The van der Waals surface area contributed by atoms with Crippen molar-refractivity contribution in [1.82, 2.24) is 19.5 Å². The molecule has 10 rings (SSSR count). The van der Waals surface area contributed by atoms with Crippen molar-refractivity contribution >= 4 is 60.1 Å². The van der Waals surface area contributed by atoms with Crippen LogP contribution in [0.2, 0.25) is 0 Å². The van der Waals surface area contributed by atoms with E-state index in [1.165, 1.54) is 42.1 Å². The van der Waals surface area contributed by atoms with Gasteiger partial charge in [0.1, 0.15) is 0 Å². The van der Waals surface area contributed by atoms with Gasteiger partial charge >= 0.3 is 0 Å². The molecule has 0 unspecified atom stereocenters. The van der Waals surface area contributed by atoms with Gasteiger partial charge in [-0.3, -0.25) is 4.57 Å². The summed E-state index contributed by atoms with van der Waals surface area (Å²) >= 11 is 1.90. The van der Waals surface area contributed by atoms with Crippen LogP contribution in [-0.2, 0) is 6.42 Å². The first-order valence-corrected chi connectivity index (χ1v) is 17.2. The Morgan fingerprint density at radius 2 is 1.33 bits per heavy atom. The Labute approximate surface area is 281 Å². The van der Waals surface area contributed by atoms with Crippen LogP contribution in [0.4, 0.5) is 0 Å². The van der Waals surface area contributed by atoms with Crippen molar-refractivity contribution in [2.45, 2.75) is 12.8 Å². The summed E-state index contributed by atoms with van der Waals surface area (Å²) in [5, 5.41) is 6.07. The lowest BCUT2D eigenvalue weighted by Crippen LogP contribution is -2.06. The summed E-state index contributed by atoms with van der Waals surface area (Å²) in [7, 11) is 0. The van der Waals surface area contributed by atoms with E-state index in [2.05, 4.69) is 144 Å². The van der Waals surface area contributed by atoms with Gasteiger partial charge in [-0.1, -0.05) is 115 Å². The molecule has 0 amide bonds. The van der Waals surface area contributed by atoms with E-state index in [0.29, 0.717) is 17.6 Å². The van der Waals surface area contributed by atoms with Crippen LogP contribution < -0.4 is 0 Å². The third-order valence-corrected chi connectivity index (χ3v) is 10.8. The van der Waals surface area contributed by atoms with Gasteiger partial charge in [-0.05, 0) is 70.6 Å². The monoisotopic (exact) mass is 632 g/mol. The fraction of sp³-hybridized carbons (Fsp3) is 0.0465. The minimum atomic E-state index is 0.603. The van der Waals surface area contributed by atoms with E-state index < -0.39 is 0 Å². The van der Waals surface area contributed by atoms with Crippen molar-refractivity contribution in [3.8, 4) is 39.9 Å². The molecule has 0 saturated carbocycles. The fourth-order valence-electron chi connectivity index (χ4n) is 7.31. The molecule has 9 aromatic rings. The smallest absolute Gasteiger partial charge is 0.238 e. The van der Waals surface area contributed by atoms with Crippen LogP contribution in [0, 0.1) is 0 Å². The van der Waals surface area contributed by atoms with Gasteiger partial charge in [0.15, 0.2) is 11.6 Å². The van der Waals surface area contributed by atoms with Crippen LogP contribution in [0.3, 0.4) is 0 Å². The highest BCUT2D eigenvalue weighted by Gasteiger charge is 2.21. The minimum Gasteiger partial charge on any atom is -0.278 e. The molecule has 0 N–H and O–H groups in total. The molecule has 0 spiro atoms. The molecular weight excluding hydrogens is 605 g/mol. The number of para-hydroxylation sites is 1. The largest absolute Gasteiger partial charge is 0.278 e. The molecule has 0 radical (unpaired) electrons. The molecule has 0 aliphatic heterocycles. The third kappa shape index (κ3) is 4.25. The Bertz CT molecular complexity index is 2740. The summed E-state index contributed by atoms with van der Waals surface area (Å²) in [6.45, 7) is 0. The van der Waals surface area contributed by atoms with Gasteiger partial charge in [-0.25, -0.2) is 4.98 Å². The molecule has 226 valence electrons. The highest BCUT2D eigenvalue weighted by Crippen LogP contribution is 2.40. The SMILES string of the molecule is C1=Cc2c(sc3ccc(-c4nc(-c5ccccc5-c5ccccc5)nc(-n5c6ccccc6c6c7ccccc7ccc65)n4)cc23)CC1. The van der Waals surface area contributed by atoms with E-state index >= 15 is 0 Å². The first-order chi connectivity index (χ1) is 23.8. The van der Waals surface area contributed by atoms with Crippen LogP contribution in [0.25, 0.3) is 88.6 Å². The lowest BCUT2D eigenvalue weighted by atomic mass is 9.99. The summed E-state index contributed by atoms with van der Waals surface area (Å²) in [4.78, 5) is 17.3. The Balaban J connectivity index is 1.28. The van der Waals surface area contributed by atoms with Crippen LogP contribution >= 0.6 is 11.3 Å². The van der Waals surface area contributed by atoms with Gasteiger partial charge in [0.25, 0.3) is 0 Å². The molecule has 0 fully saturated rings. The molecule has 3 heterocycles. The Morgan fingerprint density at radius 3 is 2.25 bits per heavy atom. The number of fused-ring (bicyclic) bond motifs is 8. The molecule has 3 aromatic heterocycles. The first kappa shape index (κ1) is 27.2. The standard InChI is InChI=1S/C43H28N4S/c1-2-12-27(13-3-1)30-15-6-7-18-33(30)42-44-41(29-23-25-39-35(26-29)32-17-9-11-21-38(32)48-39)45-43(46-42)47-36-20-10-8-19-34(36)40-31-16-5-4-14-28(31)22-24-37(40)47/h1-10,12-20,22-26H,11,21H2. The van der Waals surface area contributed by atoms with Gasteiger partial charge in [0, 0.05) is 36.9 Å². The van der Waals surface area contributed by atoms with Crippen molar-refractivity contribution in [1.29, 1.82) is 0 Å². The van der Waals surface area contributed by atoms with Crippen LogP contribution in [0.5, 0.6) is 0 Å². The van der Waals surface area contributed by atoms with Crippen molar-refractivity contribution in [2.24, 2.45) is 0 Å². The zero-order valence-corrected chi connectivity index (χ0v) is 26.8.